The van der Waals surface area contributed by atoms with Gasteiger partial charge in [-0.3, -0.25) is 4.79 Å². The first-order valence-corrected chi connectivity index (χ1v) is 9.98. The lowest BCUT2D eigenvalue weighted by atomic mass is 10.1. The van der Waals surface area contributed by atoms with E-state index in [2.05, 4.69) is 0 Å². The van der Waals surface area contributed by atoms with Gasteiger partial charge in [0.25, 0.3) is 5.91 Å². The number of hydrogen-bond acceptors (Lipinski definition) is 5. The molecule has 27 heavy (non-hydrogen) atoms. The van der Waals surface area contributed by atoms with Crippen LogP contribution in [0, 0.1) is 0 Å². The SMILES string of the molecule is COc1ccc(S(=O)(=O)N2CCN(C(=O)c3ccccc3OC)CC2)cc1. The zero-order valence-corrected chi connectivity index (χ0v) is 16.1. The molecule has 2 aromatic rings. The van der Waals surface area contributed by atoms with Crippen molar-refractivity contribution in [2.45, 2.75) is 4.90 Å². The molecule has 144 valence electrons. The van der Waals surface area contributed by atoms with Crippen molar-refractivity contribution in [1.29, 1.82) is 0 Å². The van der Waals surface area contributed by atoms with Crippen LogP contribution in [-0.2, 0) is 10.0 Å². The van der Waals surface area contributed by atoms with E-state index in [9.17, 15) is 13.2 Å². The second-order valence-electron chi connectivity index (χ2n) is 6.07. The van der Waals surface area contributed by atoms with Gasteiger partial charge in [0.2, 0.25) is 10.0 Å². The average Bonchev–Trinajstić information content (AvgIpc) is 2.73. The molecule has 3 rings (SSSR count). The molecule has 1 saturated heterocycles. The third-order valence-corrected chi connectivity index (χ3v) is 6.47. The summed E-state index contributed by atoms with van der Waals surface area (Å²) in [7, 11) is -0.550. The normalized spacial score (nSPS) is 15.4. The Balaban J connectivity index is 1.70. The molecular weight excluding hydrogens is 368 g/mol. The third kappa shape index (κ3) is 3.91. The first kappa shape index (κ1) is 19.2. The van der Waals surface area contributed by atoms with Gasteiger partial charge in [-0.1, -0.05) is 12.1 Å². The molecule has 0 N–H and O–H groups in total. The third-order valence-electron chi connectivity index (χ3n) is 4.56. The van der Waals surface area contributed by atoms with Gasteiger partial charge < -0.3 is 14.4 Å². The molecule has 0 atom stereocenters. The van der Waals surface area contributed by atoms with E-state index < -0.39 is 10.0 Å². The number of carbonyl (C=O) groups is 1. The van der Waals surface area contributed by atoms with Gasteiger partial charge in [0.1, 0.15) is 11.5 Å². The number of piperazine rings is 1. The summed E-state index contributed by atoms with van der Waals surface area (Å²) in [5.41, 5.74) is 0.478. The monoisotopic (exact) mass is 390 g/mol. The molecule has 1 amide bonds. The summed E-state index contributed by atoms with van der Waals surface area (Å²) in [6.45, 7) is 1.14. The van der Waals surface area contributed by atoms with Crippen molar-refractivity contribution in [1.82, 2.24) is 9.21 Å². The Kier molecular flexibility index (Phi) is 5.67. The fourth-order valence-electron chi connectivity index (χ4n) is 3.02. The average molecular weight is 390 g/mol. The summed E-state index contributed by atoms with van der Waals surface area (Å²) < 4.78 is 37.3. The van der Waals surface area contributed by atoms with Crippen molar-refractivity contribution in [3.63, 3.8) is 0 Å². The van der Waals surface area contributed by atoms with Gasteiger partial charge in [-0.05, 0) is 36.4 Å². The van der Waals surface area contributed by atoms with Crippen LogP contribution in [0.5, 0.6) is 11.5 Å². The molecule has 0 aromatic heterocycles. The molecule has 1 heterocycles. The van der Waals surface area contributed by atoms with Crippen LogP contribution in [0.1, 0.15) is 10.4 Å². The number of sulfonamides is 1. The van der Waals surface area contributed by atoms with E-state index >= 15 is 0 Å². The van der Waals surface area contributed by atoms with E-state index in [-0.39, 0.29) is 23.9 Å². The molecule has 0 radical (unpaired) electrons. The first-order valence-electron chi connectivity index (χ1n) is 8.54. The van der Waals surface area contributed by atoms with Crippen LogP contribution in [0.2, 0.25) is 0 Å². The molecule has 0 saturated carbocycles. The van der Waals surface area contributed by atoms with Crippen molar-refractivity contribution in [2.75, 3.05) is 40.4 Å². The standard InChI is InChI=1S/C19H22N2O5S/c1-25-15-7-9-16(10-8-15)27(23,24)21-13-11-20(12-14-21)19(22)17-5-3-4-6-18(17)26-2/h3-10H,11-14H2,1-2H3. The predicted octanol–water partition coefficient (Wildman–Crippen LogP) is 1.85. The first-order chi connectivity index (χ1) is 13.0. The lowest BCUT2D eigenvalue weighted by Gasteiger charge is -2.34. The second-order valence-corrected chi connectivity index (χ2v) is 8.01. The van der Waals surface area contributed by atoms with Gasteiger partial charge in [0.05, 0.1) is 24.7 Å². The topological polar surface area (TPSA) is 76.2 Å². The van der Waals surface area contributed by atoms with Crippen molar-refractivity contribution < 1.29 is 22.7 Å². The van der Waals surface area contributed by atoms with E-state index in [1.54, 1.807) is 41.3 Å². The van der Waals surface area contributed by atoms with Gasteiger partial charge in [-0.25, -0.2) is 8.42 Å². The summed E-state index contributed by atoms with van der Waals surface area (Å²) in [5, 5.41) is 0. The van der Waals surface area contributed by atoms with Gasteiger partial charge in [0.15, 0.2) is 0 Å². The van der Waals surface area contributed by atoms with Crippen LogP contribution in [-0.4, -0.2) is 63.9 Å². The molecular formula is C19H22N2O5S. The Morgan fingerprint density at radius 2 is 1.52 bits per heavy atom. The van der Waals surface area contributed by atoms with Gasteiger partial charge in [-0.2, -0.15) is 4.31 Å². The minimum absolute atomic E-state index is 0.158. The Bertz CT molecular complexity index is 904. The van der Waals surface area contributed by atoms with E-state index in [0.717, 1.165) is 0 Å². The number of amides is 1. The highest BCUT2D eigenvalue weighted by atomic mass is 32.2. The summed E-state index contributed by atoms with van der Waals surface area (Å²) in [6.07, 6.45) is 0. The van der Waals surface area contributed by atoms with E-state index in [1.807, 2.05) is 0 Å². The number of para-hydroxylation sites is 1. The lowest BCUT2D eigenvalue weighted by molar-refractivity contribution is 0.0694. The Morgan fingerprint density at radius 3 is 2.11 bits per heavy atom. The molecule has 0 unspecified atom stereocenters. The smallest absolute Gasteiger partial charge is 0.257 e. The maximum Gasteiger partial charge on any atom is 0.257 e. The number of rotatable bonds is 5. The summed E-state index contributed by atoms with van der Waals surface area (Å²) in [4.78, 5) is 14.6. The number of carbonyl (C=O) groups excluding carboxylic acids is 1. The van der Waals surface area contributed by atoms with Gasteiger partial charge in [0, 0.05) is 26.2 Å². The maximum absolute atomic E-state index is 12.8. The van der Waals surface area contributed by atoms with Crippen LogP contribution in [0.4, 0.5) is 0 Å². The molecule has 0 spiro atoms. The minimum atomic E-state index is -3.60. The van der Waals surface area contributed by atoms with Crippen molar-refractivity contribution in [3.05, 3.63) is 54.1 Å². The number of ether oxygens (including phenoxy) is 2. The number of hydrogen-bond donors (Lipinski definition) is 0. The van der Waals surface area contributed by atoms with Crippen LogP contribution in [0.25, 0.3) is 0 Å². The quantitative estimate of drug-likeness (QED) is 0.779. The molecule has 8 heteroatoms. The summed E-state index contributed by atoms with van der Waals surface area (Å²) in [5.74, 6) is 0.950. The van der Waals surface area contributed by atoms with Crippen LogP contribution in [0.15, 0.2) is 53.4 Å². The highest BCUT2D eigenvalue weighted by Crippen LogP contribution is 2.23. The highest BCUT2D eigenvalue weighted by molar-refractivity contribution is 7.89. The molecule has 7 nitrogen and oxygen atoms in total. The predicted molar refractivity (Wildman–Crippen MR) is 101 cm³/mol. The Labute approximate surface area is 159 Å². The molecule has 1 fully saturated rings. The summed E-state index contributed by atoms with van der Waals surface area (Å²) in [6, 6.07) is 13.3. The fourth-order valence-corrected chi connectivity index (χ4v) is 4.44. The molecule has 1 aliphatic heterocycles. The molecule has 0 bridgehead atoms. The van der Waals surface area contributed by atoms with E-state index in [4.69, 9.17) is 9.47 Å². The summed E-state index contributed by atoms with van der Waals surface area (Å²) >= 11 is 0. The van der Waals surface area contributed by atoms with Crippen LogP contribution >= 0.6 is 0 Å². The largest absolute Gasteiger partial charge is 0.497 e. The Hall–Kier alpha value is -2.58. The zero-order valence-electron chi connectivity index (χ0n) is 15.3. The van der Waals surface area contributed by atoms with Crippen molar-refractivity contribution in [3.8, 4) is 11.5 Å². The fraction of sp³-hybridized carbons (Fsp3) is 0.316. The van der Waals surface area contributed by atoms with Crippen LogP contribution < -0.4 is 9.47 Å². The Morgan fingerprint density at radius 1 is 0.889 bits per heavy atom. The number of methoxy groups -OCH3 is 2. The van der Waals surface area contributed by atoms with Crippen LogP contribution in [0.3, 0.4) is 0 Å². The molecule has 0 aliphatic carbocycles. The van der Waals surface area contributed by atoms with E-state index in [1.165, 1.54) is 30.7 Å². The molecule has 2 aromatic carbocycles. The number of benzene rings is 2. The van der Waals surface area contributed by atoms with Crippen molar-refractivity contribution >= 4 is 15.9 Å². The van der Waals surface area contributed by atoms with Crippen molar-refractivity contribution in [2.24, 2.45) is 0 Å². The van der Waals surface area contributed by atoms with E-state index in [0.29, 0.717) is 30.2 Å². The number of nitrogens with zero attached hydrogens (tertiary/aromatic N) is 2. The van der Waals surface area contributed by atoms with Gasteiger partial charge in [-0.15, -0.1) is 0 Å². The lowest BCUT2D eigenvalue weighted by Crippen LogP contribution is -2.50. The molecule has 1 aliphatic rings. The van der Waals surface area contributed by atoms with Gasteiger partial charge >= 0.3 is 0 Å². The second kappa shape index (κ2) is 7.98. The zero-order chi connectivity index (χ0) is 19.4. The minimum Gasteiger partial charge on any atom is -0.497 e. The highest BCUT2D eigenvalue weighted by Gasteiger charge is 2.31. The maximum atomic E-state index is 12.8.